The van der Waals surface area contributed by atoms with Crippen LogP contribution in [0.1, 0.15) is 32.6 Å². The maximum Gasteiger partial charge on any atom is 0.225 e. The first kappa shape index (κ1) is 15.7. The Balaban J connectivity index is 1.93. The summed E-state index contributed by atoms with van der Waals surface area (Å²) in [6.45, 7) is 3.32. The molecule has 1 aliphatic carbocycles. The minimum absolute atomic E-state index is 0.00948. The number of ether oxygens (including phenoxy) is 2. The van der Waals surface area contributed by atoms with E-state index in [1.165, 1.54) is 0 Å². The number of carbonyl (C=O) groups is 1. The van der Waals surface area contributed by atoms with Gasteiger partial charge in [0.25, 0.3) is 0 Å². The van der Waals surface area contributed by atoms with E-state index < -0.39 is 0 Å². The molecule has 0 aromatic heterocycles. The second-order valence-electron chi connectivity index (χ2n) is 6.27. The fraction of sp³-hybridized carbons (Fsp3) is 0.933. The third-order valence-electron chi connectivity index (χ3n) is 4.98. The van der Waals surface area contributed by atoms with E-state index in [0.29, 0.717) is 19.0 Å². The largest absolute Gasteiger partial charge is 0.377 e. The SMILES string of the molecule is COC1CN(C(=O)C(C)C2CCCC(N)C2)CC1OC. The lowest BCUT2D eigenvalue weighted by molar-refractivity contribution is -0.136. The molecule has 1 aliphatic heterocycles. The van der Waals surface area contributed by atoms with Crippen molar-refractivity contribution in [2.24, 2.45) is 17.6 Å². The van der Waals surface area contributed by atoms with Gasteiger partial charge in [-0.25, -0.2) is 0 Å². The van der Waals surface area contributed by atoms with Crippen molar-refractivity contribution in [3.63, 3.8) is 0 Å². The van der Waals surface area contributed by atoms with Crippen molar-refractivity contribution in [3.8, 4) is 0 Å². The molecule has 2 fully saturated rings. The number of carbonyl (C=O) groups excluding carboxylic acids is 1. The summed E-state index contributed by atoms with van der Waals surface area (Å²) in [6, 6.07) is 0.265. The molecule has 5 unspecified atom stereocenters. The summed E-state index contributed by atoms with van der Waals surface area (Å²) in [4.78, 5) is 14.5. The number of hydrogen-bond acceptors (Lipinski definition) is 4. The highest BCUT2D eigenvalue weighted by atomic mass is 16.5. The first-order valence-electron chi connectivity index (χ1n) is 7.66. The first-order chi connectivity index (χ1) is 9.56. The van der Waals surface area contributed by atoms with Crippen molar-refractivity contribution >= 4 is 5.91 Å². The minimum Gasteiger partial charge on any atom is -0.377 e. The molecule has 2 aliphatic rings. The van der Waals surface area contributed by atoms with E-state index in [-0.39, 0.29) is 30.1 Å². The monoisotopic (exact) mass is 284 g/mol. The molecule has 1 saturated heterocycles. The topological polar surface area (TPSA) is 64.8 Å². The van der Waals surface area contributed by atoms with Crippen LogP contribution in [0.2, 0.25) is 0 Å². The van der Waals surface area contributed by atoms with Gasteiger partial charge in [-0.15, -0.1) is 0 Å². The van der Waals surface area contributed by atoms with Gasteiger partial charge < -0.3 is 20.1 Å². The Hall–Kier alpha value is -0.650. The highest BCUT2D eigenvalue weighted by molar-refractivity contribution is 5.79. The molecule has 116 valence electrons. The number of methoxy groups -OCH3 is 2. The fourth-order valence-corrected chi connectivity index (χ4v) is 3.59. The summed E-state index contributed by atoms with van der Waals surface area (Å²) < 4.78 is 10.8. The lowest BCUT2D eigenvalue weighted by Crippen LogP contribution is -2.40. The molecule has 0 spiro atoms. The molecular formula is C15H28N2O3. The fourth-order valence-electron chi connectivity index (χ4n) is 3.59. The lowest BCUT2D eigenvalue weighted by atomic mass is 9.78. The molecule has 0 radical (unpaired) electrons. The van der Waals surface area contributed by atoms with Gasteiger partial charge in [-0.3, -0.25) is 4.79 Å². The normalized spacial score (nSPS) is 36.1. The van der Waals surface area contributed by atoms with Gasteiger partial charge in [0.15, 0.2) is 0 Å². The molecule has 1 amide bonds. The van der Waals surface area contributed by atoms with Crippen LogP contribution >= 0.6 is 0 Å². The zero-order valence-corrected chi connectivity index (χ0v) is 12.9. The Bertz CT molecular complexity index is 321. The van der Waals surface area contributed by atoms with Gasteiger partial charge in [-0.2, -0.15) is 0 Å². The smallest absolute Gasteiger partial charge is 0.225 e. The molecule has 5 atom stereocenters. The maximum atomic E-state index is 12.6. The van der Waals surface area contributed by atoms with Gasteiger partial charge in [0.2, 0.25) is 5.91 Å². The Morgan fingerprint density at radius 1 is 1.20 bits per heavy atom. The number of amides is 1. The molecule has 2 rings (SSSR count). The third kappa shape index (κ3) is 3.32. The zero-order valence-electron chi connectivity index (χ0n) is 12.9. The second-order valence-corrected chi connectivity index (χ2v) is 6.27. The van der Waals surface area contributed by atoms with E-state index in [2.05, 4.69) is 0 Å². The molecule has 1 saturated carbocycles. The van der Waals surface area contributed by atoms with Crippen LogP contribution in [0.5, 0.6) is 0 Å². The molecule has 0 aromatic rings. The number of hydrogen-bond donors (Lipinski definition) is 1. The molecule has 0 bridgehead atoms. The zero-order chi connectivity index (χ0) is 14.7. The van der Waals surface area contributed by atoms with Crippen LogP contribution in [0.3, 0.4) is 0 Å². The Morgan fingerprint density at radius 2 is 1.80 bits per heavy atom. The average molecular weight is 284 g/mol. The van der Waals surface area contributed by atoms with E-state index in [1.807, 2.05) is 11.8 Å². The predicted molar refractivity (Wildman–Crippen MR) is 77.3 cm³/mol. The van der Waals surface area contributed by atoms with Crippen LogP contribution in [0, 0.1) is 11.8 Å². The van der Waals surface area contributed by atoms with Crippen molar-refractivity contribution in [1.82, 2.24) is 4.90 Å². The Morgan fingerprint density at radius 3 is 2.30 bits per heavy atom. The summed E-state index contributed by atoms with van der Waals surface area (Å²) >= 11 is 0. The molecular weight excluding hydrogens is 256 g/mol. The molecule has 20 heavy (non-hydrogen) atoms. The third-order valence-corrected chi connectivity index (χ3v) is 4.98. The highest BCUT2D eigenvalue weighted by Crippen LogP contribution is 2.31. The Labute approximate surface area is 121 Å². The van der Waals surface area contributed by atoms with Crippen LogP contribution in [0.15, 0.2) is 0 Å². The molecule has 1 heterocycles. The van der Waals surface area contributed by atoms with E-state index in [9.17, 15) is 4.79 Å². The van der Waals surface area contributed by atoms with Gasteiger partial charge >= 0.3 is 0 Å². The van der Waals surface area contributed by atoms with Crippen LogP contribution < -0.4 is 5.73 Å². The van der Waals surface area contributed by atoms with E-state index in [1.54, 1.807) is 14.2 Å². The van der Waals surface area contributed by atoms with Crippen molar-refractivity contribution in [2.45, 2.75) is 50.9 Å². The second kappa shape index (κ2) is 6.87. The lowest BCUT2D eigenvalue weighted by Gasteiger charge is -2.32. The quantitative estimate of drug-likeness (QED) is 0.837. The summed E-state index contributed by atoms with van der Waals surface area (Å²) in [5.41, 5.74) is 6.04. The van der Waals surface area contributed by atoms with Gasteiger partial charge in [0, 0.05) is 39.3 Å². The number of nitrogens with zero attached hydrogens (tertiary/aromatic N) is 1. The van der Waals surface area contributed by atoms with Crippen LogP contribution in [0.25, 0.3) is 0 Å². The molecule has 2 N–H and O–H groups in total. The van der Waals surface area contributed by atoms with Gasteiger partial charge in [-0.05, 0) is 25.2 Å². The number of nitrogens with two attached hydrogens (primary N) is 1. The summed E-state index contributed by atoms with van der Waals surface area (Å²) in [6.07, 6.45) is 4.32. The first-order valence-corrected chi connectivity index (χ1v) is 7.66. The number of likely N-dealkylation sites (tertiary alicyclic amines) is 1. The van der Waals surface area contributed by atoms with Crippen molar-refractivity contribution in [3.05, 3.63) is 0 Å². The van der Waals surface area contributed by atoms with Gasteiger partial charge in [-0.1, -0.05) is 13.3 Å². The highest BCUT2D eigenvalue weighted by Gasteiger charge is 2.39. The van der Waals surface area contributed by atoms with Crippen LogP contribution in [-0.2, 0) is 14.3 Å². The minimum atomic E-state index is -0.00948. The van der Waals surface area contributed by atoms with E-state index in [0.717, 1.165) is 25.7 Å². The molecule has 0 aromatic carbocycles. The molecule has 5 nitrogen and oxygen atoms in total. The summed E-state index contributed by atoms with van der Waals surface area (Å²) in [7, 11) is 3.35. The molecule has 5 heteroatoms. The van der Waals surface area contributed by atoms with Gasteiger partial charge in [0.1, 0.15) is 12.2 Å². The summed E-state index contributed by atoms with van der Waals surface area (Å²) in [5.74, 6) is 0.703. The van der Waals surface area contributed by atoms with Crippen molar-refractivity contribution in [1.29, 1.82) is 0 Å². The van der Waals surface area contributed by atoms with Crippen molar-refractivity contribution < 1.29 is 14.3 Å². The predicted octanol–water partition coefficient (Wildman–Crippen LogP) is 1.01. The van der Waals surface area contributed by atoms with E-state index >= 15 is 0 Å². The van der Waals surface area contributed by atoms with Crippen LogP contribution in [-0.4, -0.2) is 56.4 Å². The maximum absolute atomic E-state index is 12.6. The standard InChI is InChI=1S/C15H28N2O3/c1-10(11-5-4-6-12(16)7-11)15(18)17-8-13(19-2)14(9-17)20-3/h10-14H,4-9,16H2,1-3H3. The Kier molecular flexibility index (Phi) is 5.41. The summed E-state index contributed by atoms with van der Waals surface area (Å²) in [5, 5.41) is 0. The number of rotatable bonds is 4. The van der Waals surface area contributed by atoms with Crippen LogP contribution in [0.4, 0.5) is 0 Å². The average Bonchev–Trinajstić information content (AvgIpc) is 2.89. The van der Waals surface area contributed by atoms with Gasteiger partial charge in [0.05, 0.1) is 0 Å². The van der Waals surface area contributed by atoms with E-state index in [4.69, 9.17) is 15.2 Å². The van der Waals surface area contributed by atoms with Crippen molar-refractivity contribution in [2.75, 3.05) is 27.3 Å².